The van der Waals surface area contributed by atoms with E-state index in [4.69, 9.17) is 5.73 Å². The summed E-state index contributed by atoms with van der Waals surface area (Å²) in [6, 6.07) is 14.0. The Kier molecular flexibility index (Phi) is 4.44. The lowest BCUT2D eigenvalue weighted by Crippen LogP contribution is -2.22. The molecule has 0 radical (unpaired) electrons. The van der Waals surface area contributed by atoms with Crippen molar-refractivity contribution in [1.82, 2.24) is 10.3 Å². The number of amides is 1. The quantitative estimate of drug-likeness (QED) is 0.621. The van der Waals surface area contributed by atoms with Crippen LogP contribution in [-0.4, -0.2) is 17.4 Å². The van der Waals surface area contributed by atoms with Gasteiger partial charge in [-0.2, -0.15) is 0 Å². The zero-order valence-electron chi connectivity index (χ0n) is 14.5. The number of benzene rings is 2. The van der Waals surface area contributed by atoms with E-state index in [-0.39, 0.29) is 5.91 Å². The van der Waals surface area contributed by atoms with E-state index in [2.05, 4.69) is 46.8 Å². The molecule has 2 aromatic carbocycles. The molecule has 132 valence electrons. The van der Waals surface area contributed by atoms with Crippen LogP contribution < -0.4 is 16.4 Å². The zero-order chi connectivity index (χ0) is 18.1. The number of carbonyl (C=O) groups excluding carboxylic acids is 1. The van der Waals surface area contributed by atoms with E-state index >= 15 is 0 Å². The van der Waals surface area contributed by atoms with Crippen molar-refractivity contribution in [3.05, 3.63) is 63.6 Å². The molecule has 26 heavy (non-hydrogen) atoms. The van der Waals surface area contributed by atoms with Crippen molar-refractivity contribution in [3.63, 3.8) is 0 Å². The molecule has 0 atom stereocenters. The summed E-state index contributed by atoms with van der Waals surface area (Å²) >= 11 is 1.44. The van der Waals surface area contributed by atoms with Crippen LogP contribution in [0, 0.1) is 6.92 Å². The van der Waals surface area contributed by atoms with Crippen LogP contribution in [0.5, 0.6) is 0 Å². The zero-order valence-corrected chi connectivity index (χ0v) is 15.3. The first-order valence-corrected chi connectivity index (χ1v) is 9.39. The molecule has 6 heteroatoms. The molecule has 0 saturated heterocycles. The number of thiazole rings is 1. The topological polar surface area (TPSA) is 80.0 Å². The van der Waals surface area contributed by atoms with Gasteiger partial charge in [0, 0.05) is 24.4 Å². The van der Waals surface area contributed by atoms with Gasteiger partial charge in [0.25, 0.3) is 5.91 Å². The smallest absolute Gasteiger partial charge is 0.284 e. The van der Waals surface area contributed by atoms with Gasteiger partial charge in [-0.05, 0) is 30.2 Å². The van der Waals surface area contributed by atoms with Crippen LogP contribution in [0.2, 0.25) is 0 Å². The number of carbonyl (C=O) groups is 1. The molecule has 2 heterocycles. The third-order valence-corrected chi connectivity index (χ3v) is 5.58. The number of aryl methyl sites for hydroxylation is 1. The second-order valence-corrected chi connectivity index (χ2v) is 7.52. The number of nitrogen functional groups attached to an aromatic ring is 1. The SMILES string of the molecule is Cc1ccc(-c2ccc(N)c(NC(=O)c3nc4c(s3)CNCC4)c2)cc1. The van der Waals surface area contributed by atoms with Crippen LogP contribution in [0.4, 0.5) is 11.4 Å². The monoisotopic (exact) mass is 364 g/mol. The molecule has 0 bridgehead atoms. The van der Waals surface area contributed by atoms with Crippen LogP contribution in [0.25, 0.3) is 11.1 Å². The average Bonchev–Trinajstić information content (AvgIpc) is 3.09. The van der Waals surface area contributed by atoms with E-state index < -0.39 is 0 Å². The number of rotatable bonds is 3. The summed E-state index contributed by atoms with van der Waals surface area (Å²) in [6.07, 6.45) is 0.865. The maximum absolute atomic E-state index is 12.6. The number of nitrogens with zero attached hydrogens (tertiary/aromatic N) is 1. The number of hydrogen-bond acceptors (Lipinski definition) is 5. The fraction of sp³-hybridized carbons (Fsp3) is 0.200. The van der Waals surface area contributed by atoms with Crippen molar-refractivity contribution in [2.45, 2.75) is 19.9 Å². The maximum atomic E-state index is 12.6. The summed E-state index contributed by atoms with van der Waals surface area (Å²) in [7, 11) is 0. The van der Waals surface area contributed by atoms with Crippen molar-refractivity contribution < 1.29 is 4.79 Å². The Hall–Kier alpha value is -2.70. The molecule has 1 aliphatic heterocycles. The Balaban J connectivity index is 1.59. The third-order valence-electron chi connectivity index (χ3n) is 4.48. The lowest BCUT2D eigenvalue weighted by Gasteiger charge is -2.10. The third kappa shape index (κ3) is 3.34. The molecule has 1 aliphatic rings. The van der Waals surface area contributed by atoms with E-state index in [1.807, 2.05) is 18.2 Å². The summed E-state index contributed by atoms with van der Waals surface area (Å²) in [4.78, 5) is 18.3. The highest BCUT2D eigenvalue weighted by molar-refractivity contribution is 7.13. The number of fused-ring (bicyclic) bond motifs is 1. The minimum absolute atomic E-state index is 0.211. The Bertz CT molecular complexity index is 939. The number of anilines is 2. The first-order valence-electron chi connectivity index (χ1n) is 8.57. The molecule has 5 nitrogen and oxygen atoms in total. The van der Waals surface area contributed by atoms with E-state index in [1.165, 1.54) is 16.9 Å². The van der Waals surface area contributed by atoms with Crippen molar-refractivity contribution >= 4 is 28.6 Å². The summed E-state index contributed by atoms with van der Waals surface area (Å²) in [6.45, 7) is 3.75. The Labute approximate surface area is 156 Å². The average molecular weight is 364 g/mol. The van der Waals surface area contributed by atoms with Crippen LogP contribution in [-0.2, 0) is 13.0 Å². The van der Waals surface area contributed by atoms with Crippen molar-refractivity contribution in [2.75, 3.05) is 17.6 Å². The van der Waals surface area contributed by atoms with E-state index in [0.29, 0.717) is 16.4 Å². The Morgan fingerprint density at radius 1 is 1.19 bits per heavy atom. The van der Waals surface area contributed by atoms with Gasteiger partial charge in [0.05, 0.1) is 17.1 Å². The summed E-state index contributed by atoms with van der Waals surface area (Å²) in [5.41, 5.74) is 11.6. The molecule has 0 saturated carbocycles. The van der Waals surface area contributed by atoms with Gasteiger partial charge in [0.1, 0.15) is 0 Å². The first kappa shape index (κ1) is 16.8. The molecule has 4 rings (SSSR count). The molecule has 0 fully saturated rings. The van der Waals surface area contributed by atoms with E-state index in [0.717, 1.165) is 41.2 Å². The lowest BCUT2D eigenvalue weighted by atomic mass is 10.0. The highest BCUT2D eigenvalue weighted by atomic mass is 32.1. The molecular formula is C20H20N4OS. The highest BCUT2D eigenvalue weighted by Gasteiger charge is 2.19. The van der Waals surface area contributed by atoms with Gasteiger partial charge in [-0.25, -0.2) is 4.98 Å². The lowest BCUT2D eigenvalue weighted by molar-refractivity contribution is 0.102. The summed E-state index contributed by atoms with van der Waals surface area (Å²) in [5, 5.41) is 6.71. The van der Waals surface area contributed by atoms with Crippen LogP contribution >= 0.6 is 11.3 Å². The number of nitrogens with one attached hydrogen (secondary N) is 2. The second kappa shape index (κ2) is 6.90. The first-order chi connectivity index (χ1) is 12.6. The molecule has 0 spiro atoms. The standard InChI is InChI=1S/C20H20N4OS/c1-12-2-4-13(5-3-12)14-6-7-15(21)17(10-14)23-19(25)20-24-16-8-9-22-11-18(16)26-20/h2-7,10,22H,8-9,11,21H2,1H3,(H,23,25). The number of aromatic nitrogens is 1. The molecule has 4 N–H and O–H groups in total. The number of hydrogen-bond donors (Lipinski definition) is 3. The van der Waals surface area contributed by atoms with E-state index in [9.17, 15) is 4.79 Å². The second-order valence-electron chi connectivity index (χ2n) is 6.44. The maximum Gasteiger partial charge on any atom is 0.284 e. The van der Waals surface area contributed by atoms with Crippen LogP contribution in [0.1, 0.15) is 25.9 Å². The molecule has 1 aromatic heterocycles. The van der Waals surface area contributed by atoms with E-state index in [1.54, 1.807) is 0 Å². The fourth-order valence-electron chi connectivity index (χ4n) is 2.99. The van der Waals surface area contributed by atoms with Gasteiger partial charge in [-0.1, -0.05) is 35.9 Å². The fourth-order valence-corrected chi connectivity index (χ4v) is 3.96. The summed E-state index contributed by atoms with van der Waals surface area (Å²) in [5.74, 6) is -0.211. The molecule has 3 aromatic rings. The molecule has 0 aliphatic carbocycles. The molecule has 1 amide bonds. The highest BCUT2D eigenvalue weighted by Crippen LogP contribution is 2.29. The van der Waals surface area contributed by atoms with Gasteiger partial charge in [0.15, 0.2) is 5.01 Å². The predicted octanol–water partition coefficient (Wildman–Crippen LogP) is 3.60. The van der Waals surface area contributed by atoms with Crippen molar-refractivity contribution in [3.8, 4) is 11.1 Å². The summed E-state index contributed by atoms with van der Waals surface area (Å²) < 4.78 is 0. The minimum Gasteiger partial charge on any atom is -0.397 e. The van der Waals surface area contributed by atoms with Crippen molar-refractivity contribution in [1.29, 1.82) is 0 Å². The van der Waals surface area contributed by atoms with Gasteiger partial charge in [0.2, 0.25) is 0 Å². The van der Waals surface area contributed by atoms with Gasteiger partial charge in [-0.15, -0.1) is 11.3 Å². The largest absolute Gasteiger partial charge is 0.397 e. The Morgan fingerprint density at radius 3 is 2.73 bits per heavy atom. The Morgan fingerprint density at radius 2 is 1.96 bits per heavy atom. The minimum atomic E-state index is -0.211. The van der Waals surface area contributed by atoms with Crippen LogP contribution in [0.15, 0.2) is 42.5 Å². The predicted molar refractivity (Wildman–Crippen MR) is 107 cm³/mol. The van der Waals surface area contributed by atoms with Crippen molar-refractivity contribution in [2.24, 2.45) is 0 Å². The number of nitrogens with two attached hydrogens (primary N) is 1. The van der Waals surface area contributed by atoms with Gasteiger partial charge >= 0.3 is 0 Å². The van der Waals surface area contributed by atoms with Crippen LogP contribution in [0.3, 0.4) is 0 Å². The van der Waals surface area contributed by atoms with Gasteiger partial charge in [-0.3, -0.25) is 4.79 Å². The normalized spacial score (nSPS) is 13.3. The molecule has 0 unspecified atom stereocenters. The molecular weight excluding hydrogens is 344 g/mol. The van der Waals surface area contributed by atoms with Gasteiger partial charge < -0.3 is 16.4 Å².